The van der Waals surface area contributed by atoms with E-state index >= 15 is 0 Å². The Morgan fingerprint density at radius 2 is 1.96 bits per heavy atom. The molecule has 4 nitrogen and oxygen atoms in total. The molecule has 1 N–H and O–H groups in total. The molecule has 0 bridgehead atoms. The number of halogens is 3. The van der Waals surface area contributed by atoms with Crippen LogP contribution in [0, 0.1) is 5.92 Å². The number of fused-ring (bicyclic) bond motifs is 1. The van der Waals surface area contributed by atoms with Crippen LogP contribution >= 0.6 is 0 Å². The van der Waals surface area contributed by atoms with E-state index in [4.69, 9.17) is 0 Å². The van der Waals surface area contributed by atoms with Gasteiger partial charge in [0, 0.05) is 23.8 Å². The van der Waals surface area contributed by atoms with E-state index in [9.17, 15) is 18.0 Å². The first-order chi connectivity index (χ1) is 11.3. The minimum absolute atomic E-state index is 0.0839. The van der Waals surface area contributed by atoms with Crippen LogP contribution in [0.2, 0.25) is 0 Å². The zero-order chi connectivity index (χ0) is 17.3. The van der Waals surface area contributed by atoms with Gasteiger partial charge in [-0.15, -0.1) is 0 Å². The lowest BCUT2D eigenvalue weighted by atomic mass is 9.87. The fourth-order valence-corrected chi connectivity index (χ4v) is 3.07. The molecule has 0 atom stereocenters. The van der Waals surface area contributed by atoms with Gasteiger partial charge in [0.2, 0.25) is 0 Å². The van der Waals surface area contributed by atoms with Crippen LogP contribution in [0.1, 0.15) is 48.7 Å². The van der Waals surface area contributed by atoms with E-state index in [0.29, 0.717) is 11.3 Å². The third kappa shape index (κ3) is 3.49. The SMILES string of the molecule is CC1CCC(NC(=O)c2cc3cnccc3nc2C(F)(F)F)CC1. The zero-order valence-corrected chi connectivity index (χ0v) is 13.2. The third-order valence-electron chi connectivity index (χ3n) is 4.48. The van der Waals surface area contributed by atoms with Gasteiger partial charge in [-0.25, -0.2) is 4.98 Å². The van der Waals surface area contributed by atoms with Gasteiger partial charge in [-0.05, 0) is 43.7 Å². The molecule has 24 heavy (non-hydrogen) atoms. The molecular weight excluding hydrogens is 319 g/mol. The van der Waals surface area contributed by atoms with Gasteiger partial charge in [-0.3, -0.25) is 9.78 Å². The second-order valence-electron chi connectivity index (χ2n) is 6.38. The summed E-state index contributed by atoms with van der Waals surface area (Å²) in [5, 5.41) is 3.14. The monoisotopic (exact) mass is 337 g/mol. The Morgan fingerprint density at radius 3 is 2.62 bits per heavy atom. The molecule has 0 spiro atoms. The number of nitrogens with one attached hydrogen (secondary N) is 1. The fourth-order valence-electron chi connectivity index (χ4n) is 3.07. The average Bonchev–Trinajstić information content (AvgIpc) is 2.55. The van der Waals surface area contributed by atoms with Gasteiger partial charge in [-0.2, -0.15) is 13.2 Å². The summed E-state index contributed by atoms with van der Waals surface area (Å²) in [6.07, 6.45) is 1.60. The van der Waals surface area contributed by atoms with Crippen molar-refractivity contribution in [2.75, 3.05) is 0 Å². The number of hydrogen-bond donors (Lipinski definition) is 1. The molecule has 3 rings (SSSR count). The second kappa shape index (κ2) is 6.37. The molecule has 1 aliphatic rings. The van der Waals surface area contributed by atoms with Gasteiger partial charge in [0.1, 0.15) is 0 Å². The van der Waals surface area contributed by atoms with Crippen molar-refractivity contribution in [3.63, 3.8) is 0 Å². The van der Waals surface area contributed by atoms with E-state index in [1.807, 2.05) is 0 Å². The number of pyridine rings is 2. The summed E-state index contributed by atoms with van der Waals surface area (Å²) in [6, 6.07) is 2.53. The Bertz CT molecular complexity index is 752. The van der Waals surface area contributed by atoms with E-state index in [0.717, 1.165) is 25.7 Å². The van der Waals surface area contributed by atoms with E-state index in [1.54, 1.807) is 0 Å². The van der Waals surface area contributed by atoms with Crippen LogP contribution in [0.15, 0.2) is 24.5 Å². The summed E-state index contributed by atoms with van der Waals surface area (Å²) in [5.41, 5.74) is -1.43. The first-order valence-electron chi connectivity index (χ1n) is 7.97. The van der Waals surface area contributed by atoms with Crippen molar-refractivity contribution in [3.8, 4) is 0 Å². The number of rotatable bonds is 2. The van der Waals surface area contributed by atoms with Crippen molar-refractivity contribution >= 4 is 16.8 Å². The summed E-state index contributed by atoms with van der Waals surface area (Å²) in [6.45, 7) is 2.14. The van der Waals surface area contributed by atoms with Crippen molar-refractivity contribution in [3.05, 3.63) is 35.8 Å². The number of nitrogens with zero attached hydrogens (tertiary/aromatic N) is 2. The molecule has 2 aromatic rings. The molecule has 0 radical (unpaired) electrons. The van der Waals surface area contributed by atoms with Gasteiger partial charge in [0.25, 0.3) is 5.91 Å². The van der Waals surface area contributed by atoms with Gasteiger partial charge in [0.15, 0.2) is 5.69 Å². The molecule has 0 unspecified atom stereocenters. The van der Waals surface area contributed by atoms with Crippen molar-refractivity contribution in [1.29, 1.82) is 0 Å². The molecule has 1 aliphatic carbocycles. The van der Waals surface area contributed by atoms with Crippen LogP contribution in [-0.2, 0) is 6.18 Å². The number of carbonyl (C=O) groups excluding carboxylic acids is 1. The molecule has 1 amide bonds. The van der Waals surface area contributed by atoms with Crippen molar-refractivity contribution < 1.29 is 18.0 Å². The fraction of sp³-hybridized carbons (Fsp3) is 0.471. The molecule has 0 saturated heterocycles. The first kappa shape index (κ1) is 16.7. The highest BCUT2D eigenvalue weighted by molar-refractivity contribution is 5.98. The lowest BCUT2D eigenvalue weighted by Crippen LogP contribution is -2.38. The maximum absolute atomic E-state index is 13.3. The lowest BCUT2D eigenvalue weighted by Gasteiger charge is -2.27. The number of carbonyl (C=O) groups is 1. The highest BCUT2D eigenvalue weighted by Gasteiger charge is 2.38. The lowest BCUT2D eigenvalue weighted by molar-refractivity contribution is -0.141. The minimum Gasteiger partial charge on any atom is -0.349 e. The van der Waals surface area contributed by atoms with E-state index in [1.165, 1.54) is 24.5 Å². The largest absolute Gasteiger partial charge is 0.434 e. The standard InChI is InChI=1S/C17H18F3N3O/c1-10-2-4-12(5-3-10)22-16(24)13-8-11-9-21-7-6-14(11)23-15(13)17(18,19)20/h6-10,12H,2-5H2,1H3,(H,22,24). The quantitative estimate of drug-likeness (QED) is 0.902. The average molecular weight is 337 g/mol. The smallest absolute Gasteiger partial charge is 0.349 e. The van der Waals surface area contributed by atoms with Crippen molar-refractivity contribution in [1.82, 2.24) is 15.3 Å². The van der Waals surface area contributed by atoms with Crippen LogP contribution in [-0.4, -0.2) is 21.9 Å². The van der Waals surface area contributed by atoms with Gasteiger partial charge in [0.05, 0.1) is 11.1 Å². The van der Waals surface area contributed by atoms with Gasteiger partial charge < -0.3 is 5.32 Å². The molecule has 2 heterocycles. The summed E-state index contributed by atoms with van der Waals surface area (Å²) in [4.78, 5) is 20.0. The summed E-state index contributed by atoms with van der Waals surface area (Å²) in [7, 11) is 0. The van der Waals surface area contributed by atoms with Crippen LogP contribution in [0.3, 0.4) is 0 Å². The van der Waals surface area contributed by atoms with Crippen LogP contribution in [0.4, 0.5) is 13.2 Å². The Hall–Kier alpha value is -2.18. The summed E-state index contributed by atoms with van der Waals surface area (Å²) < 4.78 is 39.9. The van der Waals surface area contributed by atoms with Gasteiger partial charge in [-0.1, -0.05) is 6.92 Å². The Balaban J connectivity index is 1.93. The Kier molecular flexibility index (Phi) is 4.43. The van der Waals surface area contributed by atoms with Crippen LogP contribution in [0.5, 0.6) is 0 Å². The molecule has 128 valence electrons. The molecule has 1 saturated carbocycles. The maximum Gasteiger partial charge on any atom is 0.434 e. The molecule has 2 aromatic heterocycles. The number of hydrogen-bond acceptors (Lipinski definition) is 3. The molecule has 0 aliphatic heterocycles. The summed E-state index contributed by atoms with van der Waals surface area (Å²) in [5.74, 6) is -0.127. The van der Waals surface area contributed by atoms with Gasteiger partial charge >= 0.3 is 6.18 Å². The highest BCUT2D eigenvalue weighted by atomic mass is 19.4. The van der Waals surface area contributed by atoms with Crippen molar-refractivity contribution in [2.45, 2.75) is 44.8 Å². The number of alkyl halides is 3. The minimum atomic E-state index is -4.69. The zero-order valence-electron chi connectivity index (χ0n) is 13.2. The van der Waals surface area contributed by atoms with Crippen LogP contribution in [0.25, 0.3) is 10.9 Å². The highest BCUT2D eigenvalue weighted by Crippen LogP contribution is 2.32. The van der Waals surface area contributed by atoms with E-state index < -0.39 is 23.3 Å². The first-order valence-corrected chi connectivity index (χ1v) is 7.97. The van der Waals surface area contributed by atoms with E-state index in [-0.39, 0.29) is 11.6 Å². The van der Waals surface area contributed by atoms with Crippen LogP contribution < -0.4 is 5.32 Å². The molecular formula is C17H18F3N3O. The number of aromatic nitrogens is 2. The maximum atomic E-state index is 13.3. The number of amides is 1. The Morgan fingerprint density at radius 1 is 1.25 bits per heavy atom. The molecule has 1 fully saturated rings. The topological polar surface area (TPSA) is 54.9 Å². The second-order valence-corrected chi connectivity index (χ2v) is 6.38. The predicted molar refractivity (Wildman–Crippen MR) is 83.4 cm³/mol. The predicted octanol–water partition coefficient (Wildman–Crippen LogP) is 3.96. The molecule has 0 aromatic carbocycles. The third-order valence-corrected chi connectivity index (χ3v) is 4.48. The van der Waals surface area contributed by atoms with Crippen molar-refractivity contribution in [2.24, 2.45) is 5.92 Å². The normalized spacial score (nSPS) is 21.7. The molecule has 7 heteroatoms. The van der Waals surface area contributed by atoms with E-state index in [2.05, 4.69) is 22.2 Å². The Labute approximate surface area is 137 Å². The summed E-state index contributed by atoms with van der Waals surface area (Å²) >= 11 is 0.